The zero-order valence-corrected chi connectivity index (χ0v) is 13.8. The zero-order valence-electron chi connectivity index (χ0n) is 12.3. The topological polar surface area (TPSA) is 35.2 Å². The lowest BCUT2D eigenvalue weighted by atomic mass is 9.73. The molecule has 2 atom stereocenters. The predicted molar refractivity (Wildman–Crippen MR) is 87.9 cm³/mol. The molecule has 3 rings (SSSR count). The first-order valence-electron chi connectivity index (χ1n) is 7.94. The third-order valence-corrected chi connectivity index (χ3v) is 5.51. The second-order valence-corrected chi connectivity index (χ2v) is 7.45. The molecule has 0 aromatic heterocycles. The Labute approximate surface area is 136 Å². The van der Waals surface area contributed by atoms with E-state index in [0.717, 1.165) is 25.0 Å². The predicted octanol–water partition coefficient (Wildman–Crippen LogP) is 5.12. The first kappa shape index (κ1) is 15.6. The van der Waals surface area contributed by atoms with Gasteiger partial charge in [0.2, 0.25) is 0 Å². The zero-order chi connectivity index (χ0) is 14.9. The first-order valence-corrected chi connectivity index (χ1v) is 8.69. The lowest BCUT2D eigenvalue weighted by molar-refractivity contribution is -0.120. The molecule has 1 heterocycles. The van der Waals surface area contributed by atoms with Crippen LogP contribution in [0, 0.1) is 5.92 Å². The van der Waals surface area contributed by atoms with Gasteiger partial charge in [0.25, 0.3) is 0 Å². The largest absolute Gasteiger partial charge is 0.375 e. The Bertz CT molecular complexity index is 474. The molecule has 1 spiro atoms. The van der Waals surface area contributed by atoms with Crippen LogP contribution < -0.4 is 5.73 Å². The summed E-state index contributed by atoms with van der Waals surface area (Å²) in [7, 11) is 0. The highest BCUT2D eigenvalue weighted by atomic mass is 35.5. The smallest absolute Gasteiger partial charge is 0.0685 e. The average molecular weight is 328 g/mol. The lowest BCUT2D eigenvalue weighted by Gasteiger charge is -2.45. The molecule has 1 saturated carbocycles. The molecule has 2 unspecified atom stereocenters. The van der Waals surface area contributed by atoms with Crippen LogP contribution in [0.5, 0.6) is 0 Å². The molecule has 2 N–H and O–H groups in total. The molecule has 2 aliphatic rings. The minimum Gasteiger partial charge on any atom is -0.375 e. The van der Waals surface area contributed by atoms with E-state index in [-0.39, 0.29) is 11.6 Å². The Morgan fingerprint density at radius 1 is 1.10 bits per heavy atom. The fourth-order valence-electron chi connectivity index (χ4n) is 3.96. The Balaban J connectivity index is 1.76. The molecule has 4 heteroatoms. The summed E-state index contributed by atoms with van der Waals surface area (Å²) in [6.07, 6.45) is 8.37. The van der Waals surface area contributed by atoms with Crippen LogP contribution in [0.4, 0.5) is 0 Å². The second kappa shape index (κ2) is 6.45. The van der Waals surface area contributed by atoms with Gasteiger partial charge in [0, 0.05) is 22.7 Å². The highest BCUT2D eigenvalue weighted by Crippen LogP contribution is 2.44. The molecule has 2 fully saturated rings. The monoisotopic (exact) mass is 327 g/mol. The summed E-state index contributed by atoms with van der Waals surface area (Å²) in [5, 5.41) is 1.32. The highest BCUT2D eigenvalue weighted by molar-refractivity contribution is 6.34. The van der Waals surface area contributed by atoms with Crippen LogP contribution in [0.15, 0.2) is 18.2 Å². The van der Waals surface area contributed by atoms with Crippen molar-refractivity contribution in [2.45, 2.75) is 56.6 Å². The van der Waals surface area contributed by atoms with Crippen molar-refractivity contribution in [1.29, 1.82) is 0 Å². The van der Waals surface area contributed by atoms with E-state index in [4.69, 9.17) is 33.7 Å². The molecule has 1 aliphatic heterocycles. The van der Waals surface area contributed by atoms with Crippen LogP contribution in [0.1, 0.15) is 56.6 Å². The fourth-order valence-corrected chi connectivity index (χ4v) is 4.50. The van der Waals surface area contributed by atoms with E-state index >= 15 is 0 Å². The van der Waals surface area contributed by atoms with Crippen molar-refractivity contribution >= 4 is 23.2 Å². The van der Waals surface area contributed by atoms with E-state index in [9.17, 15) is 0 Å². The molecule has 21 heavy (non-hydrogen) atoms. The number of hydrogen-bond donors (Lipinski definition) is 1. The van der Waals surface area contributed by atoms with E-state index in [1.54, 1.807) is 6.07 Å². The molecule has 1 aromatic rings. The molecule has 116 valence electrons. The molecule has 1 aromatic carbocycles. The summed E-state index contributed by atoms with van der Waals surface area (Å²) in [5.74, 6) is 0.450. The molecule has 0 amide bonds. The second-order valence-electron chi connectivity index (χ2n) is 6.57. The third-order valence-electron chi connectivity index (χ3n) is 5.07. The lowest BCUT2D eigenvalue weighted by Crippen LogP contribution is -2.44. The first-order chi connectivity index (χ1) is 10.1. The Hall–Kier alpha value is -0.280. The standard InChI is InChI=1S/C17H23Cl2NO/c18-14-8-13(9-15(19)10-14)16(20)12-4-7-21-17(11-12)5-2-1-3-6-17/h8-10,12,16H,1-7,11,20H2. The van der Waals surface area contributed by atoms with Crippen LogP contribution >= 0.6 is 23.2 Å². The molecular weight excluding hydrogens is 305 g/mol. The van der Waals surface area contributed by atoms with Crippen molar-refractivity contribution in [3.63, 3.8) is 0 Å². The summed E-state index contributed by atoms with van der Waals surface area (Å²) >= 11 is 12.2. The maximum Gasteiger partial charge on any atom is 0.0685 e. The van der Waals surface area contributed by atoms with Crippen molar-refractivity contribution in [1.82, 2.24) is 0 Å². The van der Waals surface area contributed by atoms with E-state index < -0.39 is 0 Å². The maximum absolute atomic E-state index is 6.52. The van der Waals surface area contributed by atoms with Crippen LogP contribution in [-0.2, 0) is 4.74 Å². The quantitative estimate of drug-likeness (QED) is 0.817. The molecular formula is C17H23Cl2NO. The number of halogens is 2. The van der Waals surface area contributed by atoms with Gasteiger partial charge in [-0.25, -0.2) is 0 Å². The Kier molecular flexibility index (Phi) is 4.80. The van der Waals surface area contributed by atoms with Crippen molar-refractivity contribution in [3.05, 3.63) is 33.8 Å². The average Bonchev–Trinajstić information content (AvgIpc) is 2.46. The van der Waals surface area contributed by atoms with Crippen LogP contribution in [0.3, 0.4) is 0 Å². The normalized spacial score (nSPS) is 26.7. The van der Waals surface area contributed by atoms with Crippen LogP contribution in [0.2, 0.25) is 10.0 Å². The van der Waals surface area contributed by atoms with Gasteiger partial charge < -0.3 is 10.5 Å². The molecule has 0 bridgehead atoms. The van der Waals surface area contributed by atoms with Gasteiger partial charge in [-0.1, -0.05) is 42.5 Å². The van der Waals surface area contributed by atoms with Gasteiger partial charge in [0.05, 0.1) is 5.60 Å². The molecule has 2 nitrogen and oxygen atoms in total. The summed E-state index contributed by atoms with van der Waals surface area (Å²) in [6, 6.07) is 5.64. The summed E-state index contributed by atoms with van der Waals surface area (Å²) in [6.45, 7) is 0.826. The number of hydrogen-bond acceptors (Lipinski definition) is 2. The Morgan fingerprint density at radius 3 is 2.43 bits per heavy atom. The van der Waals surface area contributed by atoms with Gasteiger partial charge in [0.1, 0.15) is 0 Å². The minimum atomic E-state index is -0.0103. The number of nitrogens with two attached hydrogens (primary N) is 1. The van der Waals surface area contributed by atoms with Crippen molar-refractivity contribution < 1.29 is 4.74 Å². The highest BCUT2D eigenvalue weighted by Gasteiger charge is 2.40. The van der Waals surface area contributed by atoms with Gasteiger partial charge in [-0.05, 0) is 55.4 Å². The minimum absolute atomic E-state index is 0.0103. The van der Waals surface area contributed by atoms with Crippen molar-refractivity contribution in [3.8, 4) is 0 Å². The Morgan fingerprint density at radius 2 is 1.76 bits per heavy atom. The van der Waals surface area contributed by atoms with E-state index in [2.05, 4.69) is 0 Å². The molecule has 0 radical (unpaired) electrons. The van der Waals surface area contributed by atoms with Crippen molar-refractivity contribution in [2.75, 3.05) is 6.61 Å². The molecule has 1 saturated heterocycles. The van der Waals surface area contributed by atoms with Crippen LogP contribution in [-0.4, -0.2) is 12.2 Å². The van der Waals surface area contributed by atoms with Gasteiger partial charge >= 0.3 is 0 Å². The van der Waals surface area contributed by atoms with Gasteiger partial charge in [-0.15, -0.1) is 0 Å². The van der Waals surface area contributed by atoms with Gasteiger partial charge in [-0.3, -0.25) is 0 Å². The van der Waals surface area contributed by atoms with Crippen molar-refractivity contribution in [2.24, 2.45) is 11.7 Å². The maximum atomic E-state index is 6.52. The number of rotatable bonds is 2. The summed E-state index contributed by atoms with van der Waals surface area (Å²) in [4.78, 5) is 0. The van der Waals surface area contributed by atoms with Gasteiger partial charge in [-0.2, -0.15) is 0 Å². The van der Waals surface area contributed by atoms with E-state index in [1.807, 2.05) is 12.1 Å². The fraction of sp³-hybridized carbons (Fsp3) is 0.647. The van der Waals surface area contributed by atoms with Crippen LogP contribution in [0.25, 0.3) is 0 Å². The number of benzene rings is 1. The number of ether oxygens (including phenoxy) is 1. The summed E-state index contributed by atoms with van der Waals surface area (Å²) in [5.41, 5.74) is 7.66. The van der Waals surface area contributed by atoms with E-state index in [1.165, 1.54) is 32.1 Å². The summed E-state index contributed by atoms with van der Waals surface area (Å²) < 4.78 is 6.16. The third kappa shape index (κ3) is 3.56. The molecule has 1 aliphatic carbocycles. The van der Waals surface area contributed by atoms with Gasteiger partial charge in [0.15, 0.2) is 0 Å². The van der Waals surface area contributed by atoms with E-state index in [0.29, 0.717) is 16.0 Å². The SMILES string of the molecule is NC(c1cc(Cl)cc(Cl)c1)C1CCOC2(CCCCC2)C1.